The van der Waals surface area contributed by atoms with Gasteiger partial charge in [-0.1, -0.05) is 86.6 Å². The van der Waals surface area contributed by atoms with E-state index in [1.807, 2.05) is 72.8 Å². The fourth-order valence-corrected chi connectivity index (χ4v) is 6.12. The van der Waals surface area contributed by atoms with E-state index in [2.05, 4.69) is 29.4 Å². The number of amides is 1. The number of aromatic amines is 1. The minimum absolute atomic E-state index is 0.0795. The quantitative estimate of drug-likeness (QED) is 0.318. The molecule has 4 rings (SSSR count). The summed E-state index contributed by atoms with van der Waals surface area (Å²) in [5.74, 6) is -0.133. The highest BCUT2D eigenvalue weighted by Gasteiger charge is 2.32. The summed E-state index contributed by atoms with van der Waals surface area (Å²) in [4.78, 5) is 13.6. The van der Waals surface area contributed by atoms with Crippen LogP contribution < -0.4 is 9.62 Å². The molecule has 0 saturated carbocycles. The van der Waals surface area contributed by atoms with E-state index in [1.54, 1.807) is 26.0 Å². The first kappa shape index (κ1) is 26.2. The van der Waals surface area contributed by atoms with Gasteiger partial charge in [-0.2, -0.15) is 5.10 Å². The number of benzene rings is 3. The van der Waals surface area contributed by atoms with Crippen LogP contribution in [0.1, 0.15) is 53.9 Å². The van der Waals surface area contributed by atoms with Gasteiger partial charge >= 0.3 is 0 Å². The lowest BCUT2D eigenvalue weighted by molar-refractivity contribution is -0.120. The molecule has 8 heteroatoms. The lowest BCUT2D eigenvalue weighted by Gasteiger charge is -2.26. The molecular weight excluding hydrogens is 484 g/mol. The summed E-state index contributed by atoms with van der Waals surface area (Å²) in [5, 5.41) is 9.87. The minimum Gasteiger partial charge on any atom is -0.344 e. The number of hydrogen-bond acceptors (Lipinski definition) is 4. The summed E-state index contributed by atoms with van der Waals surface area (Å²) in [6.07, 6.45) is 0. The third-order valence-electron chi connectivity index (χ3n) is 6.31. The smallest absolute Gasteiger partial charge is 0.268 e. The van der Waals surface area contributed by atoms with E-state index in [4.69, 9.17) is 0 Å². The van der Waals surface area contributed by atoms with E-state index in [0.29, 0.717) is 23.0 Å². The summed E-state index contributed by atoms with van der Waals surface area (Å²) >= 11 is 0. The molecule has 37 heavy (non-hydrogen) atoms. The maximum absolute atomic E-state index is 13.9. The van der Waals surface area contributed by atoms with Crippen molar-refractivity contribution in [3.05, 3.63) is 113 Å². The molecular formula is C29H32N4O3S. The Labute approximate surface area is 218 Å². The summed E-state index contributed by atoms with van der Waals surface area (Å²) in [5.41, 5.74) is 4.07. The summed E-state index contributed by atoms with van der Waals surface area (Å²) in [6.45, 7) is 7.06. The van der Waals surface area contributed by atoms with Crippen molar-refractivity contribution in [3.63, 3.8) is 0 Å². The number of carbonyl (C=O) groups is 1. The molecule has 0 aliphatic heterocycles. The van der Waals surface area contributed by atoms with Gasteiger partial charge in [-0.15, -0.1) is 0 Å². The van der Waals surface area contributed by atoms with Gasteiger partial charge in [-0.3, -0.25) is 14.2 Å². The number of anilines is 1. The van der Waals surface area contributed by atoms with Crippen molar-refractivity contribution in [1.29, 1.82) is 0 Å². The summed E-state index contributed by atoms with van der Waals surface area (Å²) < 4.78 is 29.0. The van der Waals surface area contributed by atoms with Crippen LogP contribution in [0.15, 0.2) is 89.8 Å². The number of aromatic nitrogens is 2. The topological polar surface area (TPSA) is 95.2 Å². The molecule has 0 saturated heterocycles. The van der Waals surface area contributed by atoms with E-state index in [1.165, 1.54) is 0 Å². The van der Waals surface area contributed by atoms with Gasteiger partial charge in [0.25, 0.3) is 10.0 Å². The zero-order valence-electron chi connectivity index (χ0n) is 21.5. The zero-order valence-corrected chi connectivity index (χ0v) is 22.3. The normalized spacial score (nSPS) is 11.6. The van der Waals surface area contributed by atoms with Crippen LogP contribution in [0.2, 0.25) is 0 Å². The molecule has 0 radical (unpaired) electrons. The van der Waals surface area contributed by atoms with Gasteiger partial charge in [0.2, 0.25) is 5.91 Å². The largest absolute Gasteiger partial charge is 0.344 e. The van der Waals surface area contributed by atoms with Gasteiger partial charge in [0.05, 0.1) is 23.1 Å². The Balaban J connectivity index is 1.71. The van der Waals surface area contributed by atoms with E-state index in [0.717, 1.165) is 21.0 Å². The molecule has 192 valence electrons. The molecule has 0 unspecified atom stereocenters. The molecule has 7 nitrogen and oxygen atoms in total. The Hall–Kier alpha value is -3.91. The van der Waals surface area contributed by atoms with Crippen LogP contribution in [-0.2, 0) is 14.8 Å². The van der Waals surface area contributed by atoms with E-state index in [9.17, 15) is 13.2 Å². The Morgan fingerprint density at radius 1 is 0.865 bits per heavy atom. The van der Waals surface area contributed by atoms with Gasteiger partial charge in [0, 0.05) is 0 Å². The SMILES string of the molecule is Cc1n[nH]c(C)c1S(=O)(=O)N(CC(=O)NC(c1ccccc1)c1ccccc1)c1ccc(C(C)C)cc1. The first-order valence-corrected chi connectivity index (χ1v) is 13.7. The molecule has 0 fully saturated rings. The number of rotatable bonds is 9. The molecule has 1 amide bonds. The molecule has 0 atom stereocenters. The molecule has 2 N–H and O–H groups in total. The van der Waals surface area contributed by atoms with E-state index < -0.39 is 22.0 Å². The van der Waals surface area contributed by atoms with Crippen molar-refractivity contribution in [2.75, 3.05) is 10.8 Å². The predicted molar refractivity (Wildman–Crippen MR) is 146 cm³/mol. The molecule has 1 heterocycles. The maximum atomic E-state index is 13.9. The van der Waals surface area contributed by atoms with Crippen molar-refractivity contribution in [2.45, 2.75) is 44.6 Å². The van der Waals surface area contributed by atoms with Crippen LogP contribution in [0, 0.1) is 13.8 Å². The maximum Gasteiger partial charge on any atom is 0.268 e. The molecule has 0 bridgehead atoms. The van der Waals surface area contributed by atoms with E-state index >= 15 is 0 Å². The number of hydrogen-bond donors (Lipinski definition) is 2. The second-order valence-corrected chi connectivity index (χ2v) is 11.1. The van der Waals surface area contributed by atoms with Gasteiger partial charge < -0.3 is 5.32 Å². The number of sulfonamides is 1. The molecule has 0 aliphatic rings. The second-order valence-electron chi connectivity index (χ2n) is 9.34. The van der Waals surface area contributed by atoms with Gasteiger partial charge in [-0.05, 0) is 48.6 Å². The Morgan fingerprint density at radius 2 is 1.41 bits per heavy atom. The third kappa shape index (κ3) is 5.75. The van der Waals surface area contributed by atoms with Crippen molar-refractivity contribution in [3.8, 4) is 0 Å². The summed E-state index contributed by atoms with van der Waals surface area (Å²) in [6, 6.07) is 26.1. The van der Waals surface area contributed by atoms with Crippen molar-refractivity contribution in [1.82, 2.24) is 15.5 Å². The first-order chi connectivity index (χ1) is 17.7. The Morgan fingerprint density at radius 3 is 1.86 bits per heavy atom. The van der Waals surface area contributed by atoms with Crippen LogP contribution in [0.25, 0.3) is 0 Å². The van der Waals surface area contributed by atoms with Gasteiger partial charge in [0.15, 0.2) is 0 Å². The average Bonchev–Trinajstić information content (AvgIpc) is 3.25. The lowest BCUT2D eigenvalue weighted by atomic mass is 9.99. The first-order valence-electron chi connectivity index (χ1n) is 12.2. The fourth-order valence-electron chi connectivity index (χ4n) is 4.36. The van der Waals surface area contributed by atoms with Crippen LogP contribution in [0.3, 0.4) is 0 Å². The molecule has 0 spiro atoms. The third-order valence-corrected chi connectivity index (χ3v) is 8.35. The van der Waals surface area contributed by atoms with Crippen molar-refractivity contribution >= 4 is 21.6 Å². The number of H-pyrrole nitrogens is 1. The van der Waals surface area contributed by atoms with E-state index in [-0.39, 0.29) is 11.4 Å². The molecule has 4 aromatic rings. The van der Waals surface area contributed by atoms with Crippen LogP contribution in [0.5, 0.6) is 0 Å². The van der Waals surface area contributed by atoms with Crippen LogP contribution in [0.4, 0.5) is 5.69 Å². The van der Waals surface area contributed by atoms with Crippen LogP contribution in [-0.4, -0.2) is 31.1 Å². The predicted octanol–water partition coefficient (Wildman–Crippen LogP) is 5.25. The lowest BCUT2D eigenvalue weighted by Crippen LogP contribution is -2.42. The molecule has 0 aliphatic carbocycles. The number of aryl methyl sites for hydroxylation is 2. The monoisotopic (exact) mass is 516 g/mol. The highest BCUT2D eigenvalue weighted by atomic mass is 32.2. The highest BCUT2D eigenvalue weighted by Crippen LogP contribution is 2.29. The molecule has 3 aromatic carbocycles. The Bertz CT molecular complexity index is 1390. The fraction of sp³-hybridized carbons (Fsp3) is 0.241. The average molecular weight is 517 g/mol. The minimum atomic E-state index is -4.09. The number of nitrogens with one attached hydrogen (secondary N) is 2. The standard InChI is InChI=1S/C29H32N4O3S/c1-20(2)23-15-17-26(18-16-23)33(37(35,36)29-21(3)31-32-22(29)4)19-27(34)30-28(24-11-7-5-8-12-24)25-13-9-6-10-14-25/h5-18,20,28H,19H2,1-4H3,(H,30,34)(H,31,32). The summed E-state index contributed by atoms with van der Waals surface area (Å²) in [7, 11) is -4.09. The van der Waals surface area contributed by atoms with Crippen molar-refractivity contribution in [2.24, 2.45) is 0 Å². The molecule has 1 aromatic heterocycles. The zero-order chi connectivity index (χ0) is 26.6. The van der Waals surface area contributed by atoms with Crippen molar-refractivity contribution < 1.29 is 13.2 Å². The highest BCUT2D eigenvalue weighted by molar-refractivity contribution is 7.93. The van der Waals surface area contributed by atoms with Gasteiger partial charge in [0.1, 0.15) is 11.4 Å². The van der Waals surface area contributed by atoms with Crippen LogP contribution >= 0.6 is 0 Å². The Kier molecular flexibility index (Phi) is 7.78. The second kappa shape index (κ2) is 11.0. The number of nitrogens with zero attached hydrogens (tertiary/aromatic N) is 2. The number of carbonyl (C=O) groups excluding carboxylic acids is 1. The van der Waals surface area contributed by atoms with Gasteiger partial charge in [-0.25, -0.2) is 8.42 Å².